The molecule has 4 rings (SSSR count). The van der Waals surface area contributed by atoms with E-state index in [2.05, 4.69) is 19.1 Å². The highest BCUT2D eigenvalue weighted by atomic mass is 19.2. The standard InChI is InChI=1S/C33H46F2O2/c1-2-3-4-5-7-11-22-37-31-24-28-16-15-27(23-30(28)32(34)33(31)35)26-17-19-29(20-18-26)36-21-10-8-6-9-12-25-13-14-25/h17-20,24-25,27H,2-16,21-23H2,1H3. The molecule has 0 heterocycles. The van der Waals surface area contributed by atoms with Crippen LogP contribution in [0.4, 0.5) is 8.78 Å². The Balaban J connectivity index is 1.21. The molecule has 1 saturated carbocycles. The van der Waals surface area contributed by atoms with Gasteiger partial charge in [0, 0.05) is 0 Å². The molecule has 2 aliphatic rings. The minimum Gasteiger partial charge on any atom is -0.494 e. The van der Waals surface area contributed by atoms with Gasteiger partial charge in [-0.2, -0.15) is 4.39 Å². The summed E-state index contributed by atoms with van der Waals surface area (Å²) in [5.74, 6) is 0.639. The fourth-order valence-electron chi connectivity index (χ4n) is 5.59. The molecule has 4 heteroatoms. The fraction of sp³-hybridized carbons (Fsp3) is 0.636. The van der Waals surface area contributed by atoms with Gasteiger partial charge in [-0.3, -0.25) is 0 Å². The molecule has 0 spiro atoms. The monoisotopic (exact) mass is 512 g/mol. The first kappa shape index (κ1) is 27.9. The summed E-state index contributed by atoms with van der Waals surface area (Å²) in [7, 11) is 0. The van der Waals surface area contributed by atoms with Crippen LogP contribution in [0, 0.1) is 17.6 Å². The third-order valence-corrected chi connectivity index (χ3v) is 8.16. The van der Waals surface area contributed by atoms with Crippen LogP contribution in [-0.2, 0) is 12.8 Å². The molecule has 2 aliphatic carbocycles. The highest BCUT2D eigenvalue weighted by Crippen LogP contribution is 2.38. The summed E-state index contributed by atoms with van der Waals surface area (Å²) >= 11 is 0. The van der Waals surface area contributed by atoms with Gasteiger partial charge in [-0.25, -0.2) is 4.39 Å². The Kier molecular flexibility index (Phi) is 11.1. The first-order valence-corrected chi connectivity index (χ1v) is 15.0. The van der Waals surface area contributed by atoms with Crippen molar-refractivity contribution < 1.29 is 18.3 Å². The van der Waals surface area contributed by atoms with Crippen molar-refractivity contribution in [2.45, 2.75) is 116 Å². The summed E-state index contributed by atoms with van der Waals surface area (Å²) in [5.41, 5.74) is 2.58. The highest BCUT2D eigenvalue weighted by Gasteiger charge is 2.27. The highest BCUT2D eigenvalue weighted by molar-refractivity contribution is 5.42. The lowest BCUT2D eigenvalue weighted by atomic mass is 9.80. The molecule has 2 nitrogen and oxygen atoms in total. The minimum atomic E-state index is -0.832. The van der Waals surface area contributed by atoms with Crippen molar-refractivity contribution >= 4 is 0 Å². The van der Waals surface area contributed by atoms with E-state index in [9.17, 15) is 4.39 Å². The molecule has 2 aromatic rings. The zero-order valence-electron chi connectivity index (χ0n) is 22.8. The van der Waals surface area contributed by atoms with Crippen LogP contribution in [0.2, 0.25) is 0 Å². The molecular formula is C33H46F2O2. The number of rotatable bonds is 17. The Labute approximate surface area is 223 Å². The molecule has 0 aromatic heterocycles. The third-order valence-electron chi connectivity index (χ3n) is 8.16. The Hall–Kier alpha value is -2.10. The van der Waals surface area contributed by atoms with Crippen LogP contribution in [0.5, 0.6) is 11.5 Å². The SMILES string of the molecule is CCCCCCCCOc1cc2c(c(F)c1F)CC(c1ccc(OCCCCCCC3CC3)cc1)CC2. The van der Waals surface area contributed by atoms with Crippen molar-refractivity contribution in [3.63, 3.8) is 0 Å². The number of hydrogen-bond donors (Lipinski definition) is 0. The van der Waals surface area contributed by atoms with Crippen LogP contribution in [0.25, 0.3) is 0 Å². The van der Waals surface area contributed by atoms with Gasteiger partial charge in [-0.15, -0.1) is 0 Å². The van der Waals surface area contributed by atoms with Crippen molar-refractivity contribution in [3.8, 4) is 11.5 Å². The Bertz CT molecular complexity index is 952. The predicted molar refractivity (Wildman–Crippen MR) is 148 cm³/mol. The van der Waals surface area contributed by atoms with Gasteiger partial charge < -0.3 is 9.47 Å². The second-order valence-corrected chi connectivity index (χ2v) is 11.3. The molecule has 1 unspecified atom stereocenters. The average molecular weight is 513 g/mol. The maximum Gasteiger partial charge on any atom is 0.200 e. The average Bonchev–Trinajstić information content (AvgIpc) is 3.75. The number of halogens is 2. The Morgan fingerprint density at radius 1 is 0.757 bits per heavy atom. The number of unbranched alkanes of at least 4 members (excludes halogenated alkanes) is 8. The lowest BCUT2D eigenvalue weighted by molar-refractivity contribution is 0.283. The first-order valence-electron chi connectivity index (χ1n) is 15.0. The van der Waals surface area contributed by atoms with E-state index in [0.29, 0.717) is 18.6 Å². The molecule has 0 aliphatic heterocycles. The second kappa shape index (κ2) is 14.7. The number of ether oxygens (including phenoxy) is 2. The van der Waals surface area contributed by atoms with Gasteiger partial charge in [-0.05, 0) is 78.8 Å². The zero-order valence-corrected chi connectivity index (χ0v) is 22.8. The van der Waals surface area contributed by atoms with Gasteiger partial charge >= 0.3 is 0 Å². The predicted octanol–water partition coefficient (Wildman–Crippen LogP) is 9.72. The molecular weight excluding hydrogens is 466 g/mol. The first-order chi connectivity index (χ1) is 18.2. The van der Waals surface area contributed by atoms with Gasteiger partial charge in [0.2, 0.25) is 5.82 Å². The van der Waals surface area contributed by atoms with Crippen LogP contribution < -0.4 is 9.47 Å². The van der Waals surface area contributed by atoms with Crippen molar-refractivity contribution in [1.29, 1.82) is 0 Å². The van der Waals surface area contributed by atoms with Crippen molar-refractivity contribution in [2.24, 2.45) is 5.92 Å². The largest absolute Gasteiger partial charge is 0.494 e. The van der Waals surface area contributed by atoms with E-state index in [-0.39, 0.29) is 11.7 Å². The molecule has 0 amide bonds. The lowest BCUT2D eigenvalue weighted by Crippen LogP contribution is -2.16. The summed E-state index contributed by atoms with van der Waals surface area (Å²) in [5, 5.41) is 0. The van der Waals surface area contributed by atoms with E-state index in [1.165, 1.54) is 69.8 Å². The maximum atomic E-state index is 15.0. The molecule has 37 heavy (non-hydrogen) atoms. The van der Waals surface area contributed by atoms with Gasteiger partial charge in [0.25, 0.3) is 0 Å². The summed E-state index contributed by atoms with van der Waals surface area (Å²) in [6.07, 6.45) is 18.3. The normalized spacial score (nSPS) is 17.0. The van der Waals surface area contributed by atoms with Crippen molar-refractivity contribution in [2.75, 3.05) is 13.2 Å². The molecule has 204 valence electrons. The molecule has 0 saturated heterocycles. The smallest absolute Gasteiger partial charge is 0.200 e. The Morgan fingerprint density at radius 3 is 2.16 bits per heavy atom. The van der Waals surface area contributed by atoms with Gasteiger partial charge in [-0.1, -0.05) is 89.7 Å². The van der Waals surface area contributed by atoms with Gasteiger partial charge in [0.1, 0.15) is 5.75 Å². The lowest BCUT2D eigenvalue weighted by Gasteiger charge is -2.26. The summed E-state index contributed by atoms with van der Waals surface area (Å²) in [6, 6.07) is 9.96. The molecule has 0 radical (unpaired) electrons. The van der Waals surface area contributed by atoms with Gasteiger partial charge in [0.05, 0.1) is 13.2 Å². The molecule has 1 atom stereocenters. The van der Waals surface area contributed by atoms with Crippen LogP contribution in [0.1, 0.15) is 119 Å². The van der Waals surface area contributed by atoms with E-state index >= 15 is 4.39 Å². The molecule has 0 N–H and O–H groups in total. The van der Waals surface area contributed by atoms with E-state index in [1.807, 2.05) is 12.1 Å². The van der Waals surface area contributed by atoms with Crippen LogP contribution in [0.15, 0.2) is 30.3 Å². The van der Waals surface area contributed by atoms with E-state index in [0.717, 1.165) is 55.9 Å². The van der Waals surface area contributed by atoms with Crippen LogP contribution in [0.3, 0.4) is 0 Å². The summed E-state index contributed by atoms with van der Waals surface area (Å²) in [4.78, 5) is 0. The van der Waals surface area contributed by atoms with E-state index < -0.39 is 11.6 Å². The number of fused-ring (bicyclic) bond motifs is 1. The zero-order chi connectivity index (χ0) is 25.9. The number of hydrogen-bond acceptors (Lipinski definition) is 2. The maximum absolute atomic E-state index is 15.0. The fourth-order valence-corrected chi connectivity index (χ4v) is 5.59. The molecule has 0 bridgehead atoms. The second-order valence-electron chi connectivity index (χ2n) is 11.3. The summed E-state index contributed by atoms with van der Waals surface area (Å²) < 4.78 is 41.4. The third kappa shape index (κ3) is 8.72. The minimum absolute atomic E-state index is 0.0765. The van der Waals surface area contributed by atoms with E-state index in [4.69, 9.17) is 9.47 Å². The van der Waals surface area contributed by atoms with E-state index in [1.54, 1.807) is 6.07 Å². The van der Waals surface area contributed by atoms with Gasteiger partial charge in [0.15, 0.2) is 11.6 Å². The Morgan fingerprint density at radius 2 is 1.43 bits per heavy atom. The summed E-state index contributed by atoms with van der Waals surface area (Å²) in [6.45, 7) is 3.40. The number of benzene rings is 2. The number of aryl methyl sites for hydroxylation is 1. The topological polar surface area (TPSA) is 18.5 Å². The molecule has 2 aromatic carbocycles. The van der Waals surface area contributed by atoms with Crippen molar-refractivity contribution in [1.82, 2.24) is 0 Å². The van der Waals surface area contributed by atoms with Crippen LogP contribution >= 0.6 is 0 Å². The quantitative estimate of drug-likeness (QED) is 0.196. The molecule has 1 fully saturated rings. The van der Waals surface area contributed by atoms with Crippen LogP contribution in [-0.4, -0.2) is 13.2 Å². The van der Waals surface area contributed by atoms with Crippen molar-refractivity contribution in [3.05, 3.63) is 58.7 Å².